The van der Waals surface area contributed by atoms with Crippen LogP contribution in [0.4, 0.5) is 0 Å². The summed E-state index contributed by atoms with van der Waals surface area (Å²) in [4.78, 5) is 13.4. The molecule has 2 heteroatoms. The summed E-state index contributed by atoms with van der Waals surface area (Å²) in [7, 11) is 0. The smallest absolute Gasteiger partial charge is 0.272 e. The van der Waals surface area contributed by atoms with Crippen LogP contribution < -0.4 is 4.90 Å². The van der Waals surface area contributed by atoms with E-state index in [1.165, 1.54) is 114 Å². The predicted molar refractivity (Wildman–Crippen MR) is 109 cm³/mol. The van der Waals surface area contributed by atoms with Gasteiger partial charge in [0.25, 0.3) is 0 Å². The van der Waals surface area contributed by atoms with Crippen molar-refractivity contribution in [2.45, 2.75) is 129 Å². The summed E-state index contributed by atoms with van der Waals surface area (Å²) in [6.45, 7) is 4.48. The molecule has 1 amide bonds. The minimum absolute atomic E-state index is 0.495. The fourth-order valence-corrected chi connectivity index (χ4v) is 4.09. The molecule has 148 valence electrons. The van der Waals surface area contributed by atoms with E-state index in [-0.39, 0.29) is 0 Å². The minimum atomic E-state index is 0.495. The first-order valence-corrected chi connectivity index (χ1v) is 11.7. The number of carbonyl (C=O) groups is 1. The lowest BCUT2D eigenvalue weighted by Gasteiger charge is -2.21. The fourth-order valence-electron chi connectivity index (χ4n) is 4.09. The van der Waals surface area contributed by atoms with E-state index in [1.807, 2.05) is 0 Å². The van der Waals surface area contributed by atoms with Crippen LogP contribution in [0.2, 0.25) is 0 Å². The summed E-state index contributed by atoms with van der Waals surface area (Å²) in [5.41, 5.74) is 0. The fraction of sp³-hybridized carbons (Fsp3) is 0.957. The molecule has 1 rings (SSSR count). The van der Waals surface area contributed by atoms with Crippen molar-refractivity contribution in [2.75, 3.05) is 13.1 Å². The van der Waals surface area contributed by atoms with E-state index in [2.05, 4.69) is 6.92 Å². The van der Waals surface area contributed by atoms with Gasteiger partial charge >= 0.3 is 5.91 Å². The molecule has 1 aliphatic heterocycles. The maximum Gasteiger partial charge on any atom is 0.312 e. The van der Waals surface area contributed by atoms with Gasteiger partial charge in [-0.1, -0.05) is 96.8 Å². The molecule has 1 saturated heterocycles. The highest BCUT2D eigenvalue weighted by Gasteiger charge is 2.20. The first kappa shape index (κ1) is 22.7. The molecule has 0 spiro atoms. The Morgan fingerprint density at radius 1 is 0.600 bits per heavy atom. The van der Waals surface area contributed by atoms with E-state index in [0.717, 1.165) is 25.9 Å². The Morgan fingerprint density at radius 2 is 1.00 bits per heavy atom. The summed E-state index contributed by atoms with van der Waals surface area (Å²) >= 11 is 0. The highest BCUT2D eigenvalue weighted by molar-refractivity contribution is 5.66. The second kappa shape index (κ2) is 17.1. The van der Waals surface area contributed by atoms with Crippen LogP contribution >= 0.6 is 0 Å². The van der Waals surface area contributed by atoms with Gasteiger partial charge in [0, 0.05) is 0 Å². The molecule has 2 nitrogen and oxygen atoms in total. The second-order valence-corrected chi connectivity index (χ2v) is 8.29. The lowest BCUT2D eigenvalue weighted by Crippen LogP contribution is -3.15. The van der Waals surface area contributed by atoms with E-state index in [4.69, 9.17) is 0 Å². The molecule has 0 bridgehead atoms. The van der Waals surface area contributed by atoms with Gasteiger partial charge in [-0.2, -0.15) is 0 Å². The molecule has 0 atom stereocenters. The van der Waals surface area contributed by atoms with Crippen LogP contribution in [-0.4, -0.2) is 19.0 Å². The molecule has 0 aromatic rings. The molecule has 1 N–H and O–H groups in total. The maximum atomic E-state index is 12.1. The van der Waals surface area contributed by atoms with E-state index in [9.17, 15) is 4.79 Å². The van der Waals surface area contributed by atoms with Gasteiger partial charge in [0.2, 0.25) is 0 Å². The quantitative estimate of drug-likeness (QED) is 0.346. The third-order valence-corrected chi connectivity index (χ3v) is 5.86. The van der Waals surface area contributed by atoms with Crippen molar-refractivity contribution >= 4 is 5.91 Å². The van der Waals surface area contributed by atoms with Gasteiger partial charge in [-0.25, -0.2) is 4.79 Å². The number of unbranched alkanes of at least 4 members (excludes halogenated alkanes) is 14. The van der Waals surface area contributed by atoms with Gasteiger partial charge in [0.05, 0.1) is 19.5 Å². The van der Waals surface area contributed by atoms with Gasteiger partial charge in [-0.05, 0) is 25.7 Å². The Labute approximate surface area is 158 Å². The molecule has 0 aromatic heterocycles. The standard InChI is InChI=1S/C23H45NO/c1-2-3-4-5-6-7-8-9-10-11-12-13-14-15-17-20-23(25)24-21-18-16-19-22-24/h2-22H2,1H3/p+1. The number of quaternary nitrogens is 1. The molecule has 1 aliphatic rings. The average molecular weight is 353 g/mol. The largest absolute Gasteiger partial charge is 0.312 e. The zero-order valence-corrected chi connectivity index (χ0v) is 17.3. The van der Waals surface area contributed by atoms with Crippen LogP contribution in [-0.2, 0) is 4.79 Å². The number of nitrogens with one attached hydrogen (secondary N) is 1. The van der Waals surface area contributed by atoms with E-state index in [1.54, 1.807) is 0 Å². The first-order chi connectivity index (χ1) is 12.3. The van der Waals surface area contributed by atoms with Crippen molar-refractivity contribution in [1.29, 1.82) is 0 Å². The first-order valence-electron chi connectivity index (χ1n) is 11.7. The SMILES string of the molecule is CCCCCCCCCCCCCCCCCC(=O)[NH+]1CCCCC1. The molecular formula is C23H46NO+. The lowest BCUT2D eigenvalue weighted by molar-refractivity contribution is -0.826. The Morgan fingerprint density at radius 3 is 1.44 bits per heavy atom. The molecule has 0 unspecified atom stereocenters. The molecule has 0 aromatic carbocycles. The van der Waals surface area contributed by atoms with Crippen molar-refractivity contribution in [1.82, 2.24) is 0 Å². The van der Waals surface area contributed by atoms with Crippen LogP contribution in [0, 0.1) is 0 Å². The Balaban J connectivity index is 1.73. The van der Waals surface area contributed by atoms with Gasteiger partial charge in [0.15, 0.2) is 0 Å². The van der Waals surface area contributed by atoms with E-state index in [0.29, 0.717) is 5.91 Å². The molecule has 0 radical (unpaired) electrons. The van der Waals surface area contributed by atoms with Crippen LogP contribution in [0.15, 0.2) is 0 Å². The number of hydrogen-bond donors (Lipinski definition) is 1. The van der Waals surface area contributed by atoms with E-state index < -0.39 is 0 Å². The van der Waals surface area contributed by atoms with Crippen molar-refractivity contribution in [2.24, 2.45) is 0 Å². The third kappa shape index (κ3) is 13.5. The Kier molecular flexibility index (Phi) is 15.5. The summed E-state index contributed by atoms with van der Waals surface area (Å²) in [5, 5.41) is 0. The summed E-state index contributed by atoms with van der Waals surface area (Å²) < 4.78 is 0. The molecule has 25 heavy (non-hydrogen) atoms. The third-order valence-electron chi connectivity index (χ3n) is 5.86. The van der Waals surface area contributed by atoms with Crippen molar-refractivity contribution in [3.8, 4) is 0 Å². The number of carbonyl (C=O) groups excluding carboxylic acids is 1. The van der Waals surface area contributed by atoms with E-state index >= 15 is 0 Å². The number of hydrogen-bond acceptors (Lipinski definition) is 1. The predicted octanol–water partition coefficient (Wildman–Crippen LogP) is 5.84. The zero-order chi connectivity index (χ0) is 18.0. The Bertz CT molecular complexity index is 296. The number of piperidine rings is 1. The van der Waals surface area contributed by atoms with Gasteiger partial charge in [0.1, 0.15) is 0 Å². The topological polar surface area (TPSA) is 21.5 Å². The minimum Gasteiger partial charge on any atom is -0.272 e. The highest BCUT2D eigenvalue weighted by atomic mass is 16.2. The molecule has 0 aliphatic carbocycles. The van der Waals surface area contributed by atoms with Crippen LogP contribution in [0.1, 0.15) is 129 Å². The van der Waals surface area contributed by atoms with Crippen LogP contribution in [0.3, 0.4) is 0 Å². The summed E-state index contributed by atoms with van der Waals surface area (Å²) in [5.74, 6) is 0.495. The van der Waals surface area contributed by atoms with Crippen LogP contribution in [0.25, 0.3) is 0 Å². The maximum absolute atomic E-state index is 12.1. The molecule has 1 fully saturated rings. The Hall–Kier alpha value is -0.370. The normalized spacial score (nSPS) is 15.6. The number of amides is 1. The zero-order valence-electron chi connectivity index (χ0n) is 17.3. The van der Waals surface area contributed by atoms with Crippen LogP contribution in [0.5, 0.6) is 0 Å². The van der Waals surface area contributed by atoms with Crippen molar-refractivity contribution in [3.05, 3.63) is 0 Å². The summed E-state index contributed by atoms with van der Waals surface area (Å²) in [6.07, 6.45) is 25.5. The molecular weight excluding hydrogens is 306 g/mol. The van der Waals surface area contributed by atoms with Gasteiger partial charge < -0.3 is 0 Å². The highest BCUT2D eigenvalue weighted by Crippen LogP contribution is 2.13. The van der Waals surface area contributed by atoms with Crippen molar-refractivity contribution in [3.63, 3.8) is 0 Å². The lowest BCUT2D eigenvalue weighted by atomic mass is 10.0. The van der Waals surface area contributed by atoms with Gasteiger partial charge in [-0.15, -0.1) is 0 Å². The summed E-state index contributed by atoms with van der Waals surface area (Å²) in [6, 6.07) is 0. The average Bonchev–Trinajstić information content (AvgIpc) is 2.65. The number of likely N-dealkylation sites (tertiary alicyclic amines) is 1. The monoisotopic (exact) mass is 352 g/mol. The molecule has 0 saturated carbocycles. The van der Waals surface area contributed by atoms with Gasteiger partial charge in [-0.3, -0.25) is 4.90 Å². The second-order valence-electron chi connectivity index (χ2n) is 8.29. The molecule has 1 heterocycles. The van der Waals surface area contributed by atoms with Crippen molar-refractivity contribution < 1.29 is 9.69 Å². The number of rotatable bonds is 16.